The number of benzene rings is 4. The molecular formula is C31H35N3O. The maximum absolute atomic E-state index is 5.95. The number of ether oxygens (including phenoxy) is 1. The van der Waals surface area contributed by atoms with Gasteiger partial charge in [-0.1, -0.05) is 92.4 Å². The summed E-state index contributed by atoms with van der Waals surface area (Å²) in [6.07, 6.45) is 7.13. The molecule has 4 heteroatoms. The van der Waals surface area contributed by atoms with Crippen molar-refractivity contribution in [3.63, 3.8) is 0 Å². The van der Waals surface area contributed by atoms with Gasteiger partial charge in [-0.05, 0) is 60.0 Å². The monoisotopic (exact) mass is 465 g/mol. The first-order valence-corrected chi connectivity index (χ1v) is 12.7. The number of unbranched alkanes of at least 4 members (excludes halogenated alkanes) is 5. The van der Waals surface area contributed by atoms with E-state index in [-0.39, 0.29) is 0 Å². The van der Waals surface area contributed by atoms with E-state index in [1.54, 1.807) is 0 Å². The quantitative estimate of drug-likeness (QED) is 0.127. The molecule has 0 aliphatic heterocycles. The van der Waals surface area contributed by atoms with Gasteiger partial charge in [0.2, 0.25) is 5.96 Å². The lowest BCUT2D eigenvalue weighted by atomic mass is 10.1. The van der Waals surface area contributed by atoms with Crippen molar-refractivity contribution in [2.24, 2.45) is 4.99 Å². The summed E-state index contributed by atoms with van der Waals surface area (Å²) < 4.78 is 5.95. The van der Waals surface area contributed by atoms with E-state index in [4.69, 9.17) is 9.73 Å². The number of nitrogens with zero attached hydrogens (tertiary/aromatic N) is 1. The van der Waals surface area contributed by atoms with Crippen LogP contribution in [0.5, 0.6) is 5.75 Å². The largest absolute Gasteiger partial charge is 0.494 e. The zero-order valence-electron chi connectivity index (χ0n) is 20.3. The van der Waals surface area contributed by atoms with E-state index < -0.39 is 0 Å². The van der Waals surface area contributed by atoms with Gasteiger partial charge in [-0.15, -0.1) is 0 Å². The third-order valence-corrected chi connectivity index (χ3v) is 5.89. The van der Waals surface area contributed by atoms with Gasteiger partial charge < -0.3 is 15.4 Å². The van der Waals surface area contributed by atoms with Crippen LogP contribution in [0, 0.1) is 0 Å². The van der Waals surface area contributed by atoms with Crippen LogP contribution in [0.2, 0.25) is 0 Å². The van der Waals surface area contributed by atoms with Crippen LogP contribution >= 0.6 is 0 Å². The average molecular weight is 466 g/mol. The van der Waals surface area contributed by atoms with E-state index in [2.05, 4.69) is 53.1 Å². The normalized spacial score (nSPS) is 11.4. The Morgan fingerprint density at radius 2 is 1.29 bits per heavy atom. The Kier molecular flexibility index (Phi) is 9.60. The number of aliphatic imine (C=N–C) groups is 1. The number of nitrogens with one attached hydrogen (secondary N) is 2. The first-order chi connectivity index (χ1) is 17.4. The van der Waals surface area contributed by atoms with E-state index in [0.29, 0.717) is 0 Å². The zero-order valence-corrected chi connectivity index (χ0v) is 20.3. The van der Waals surface area contributed by atoms with E-state index >= 15 is 0 Å². The molecule has 180 valence electrons. The molecule has 0 unspecified atom stereocenters. The van der Waals surface area contributed by atoms with Crippen molar-refractivity contribution < 1.29 is 4.74 Å². The van der Waals surface area contributed by atoms with Gasteiger partial charge in [-0.3, -0.25) is 0 Å². The fourth-order valence-electron chi connectivity index (χ4n) is 3.99. The van der Waals surface area contributed by atoms with Crippen molar-refractivity contribution in [1.82, 2.24) is 5.32 Å². The number of para-hydroxylation sites is 2. The summed E-state index contributed by atoms with van der Waals surface area (Å²) in [4.78, 5) is 4.74. The highest BCUT2D eigenvalue weighted by atomic mass is 16.5. The Balaban J connectivity index is 1.10. The highest BCUT2D eigenvalue weighted by molar-refractivity contribution is 5.95. The summed E-state index contributed by atoms with van der Waals surface area (Å²) in [5, 5.41) is 9.36. The number of rotatable bonds is 12. The van der Waals surface area contributed by atoms with Crippen molar-refractivity contribution in [2.75, 3.05) is 18.5 Å². The minimum absolute atomic E-state index is 0.782. The molecular weight excluding hydrogens is 430 g/mol. The van der Waals surface area contributed by atoms with Crippen molar-refractivity contribution >= 4 is 28.1 Å². The summed E-state index contributed by atoms with van der Waals surface area (Å²) in [5.41, 5.74) is 1.96. The number of hydrogen-bond acceptors (Lipinski definition) is 2. The van der Waals surface area contributed by atoms with Crippen LogP contribution in [0.4, 0.5) is 11.4 Å². The van der Waals surface area contributed by atoms with Gasteiger partial charge in [0.25, 0.3) is 0 Å². The van der Waals surface area contributed by atoms with E-state index in [0.717, 1.165) is 49.1 Å². The summed E-state index contributed by atoms with van der Waals surface area (Å²) in [5.74, 6) is 1.75. The molecule has 0 amide bonds. The molecule has 0 fully saturated rings. The SMILES string of the molecule is c1ccc(/N=C(\NCCCCCCCCOc2ccc3ccccc3c2)Nc2ccccc2)cc1. The summed E-state index contributed by atoms with van der Waals surface area (Å²) in [7, 11) is 0. The van der Waals surface area contributed by atoms with Gasteiger partial charge >= 0.3 is 0 Å². The molecule has 0 aliphatic carbocycles. The molecule has 4 nitrogen and oxygen atoms in total. The van der Waals surface area contributed by atoms with Crippen LogP contribution in [0.3, 0.4) is 0 Å². The first kappa shape index (κ1) is 24.3. The number of anilines is 1. The summed E-state index contributed by atoms with van der Waals surface area (Å²) in [6, 6.07) is 34.9. The Morgan fingerprint density at radius 3 is 2.09 bits per heavy atom. The predicted molar refractivity (Wildman–Crippen MR) is 149 cm³/mol. The van der Waals surface area contributed by atoms with Crippen LogP contribution in [0.1, 0.15) is 38.5 Å². The molecule has 0 aromatic heterocycles. The highest BCUT2D eigenvalue weighted by Crippen LogP contribution is 2.21. The van der Waals surface area contributed by atoms with Gasteiger partial charge in [0, 0.05) is 12.2 Å². The molecule has 0 heterocycles. The lowest BCUT2D eigenvalue weighted by Crippen LogP contribution is -2.31. The average Bonchev–Trinajstić information content (AvgIpc) is 2.91. The van der Waals surface area contributed by atoms with E-state index in [1.807, 2.05) is 60.7 Å². The third kappa shape index (κ3) is 8.49. The van der Waals surface area contributed by atoms with Crippen molar-refractivity contribution in [2.45, 2.75) is 38.5 Å². The van der Waals surface area contributed by atoms with Crippen molar-refractivity contribution in [1.29, 1.82) is 0 Å². The number of guanidine groups is 1. The van der Waals surface area contributed by atoms with Crippen molar-refractivity contribution in [3.05, 3.63) is 103 Å². The molecule has 2 N–H and O–H groups in total. The molecule has 0 saturated carbocycles. The zero-order chi connectivity index (χ0) is 24.0. The molecule has 4 rings (SSSR count). The highest BCUT2D eigenvalue weighted by Gasteiger charge is 2.01. The summed E-state index contributed by atoms with van der Waals surface area (Å²) in [6.45, 7) is 1.68. The Bertz CT molecular complexity index is 1180. The van der Waals surface area contributed by atoms with Gasteiger partial charge in [0.15, 0.2) is 0 Å². The molecule has 4 aromatic rings. The second-order valence-electron chi connectivity index (χ2n) is 8.69. The minimum atomic E-state index is 0.782. The molecule has 0 spiro atoms. The number of fused-ring (bicyclic) bond motifs is 1. The fraction of sp³-hybridized carbons (Fsp3) is 0.258. The van der Waals surface area contributed by atoms with Gasteiger partial charge in [0.05, 0.1) is 12.3 Å². The Labute approximate surface area is 209 Å². The first-order valence-electron chi connectivity index (χ1n) is 12.7. The van der Waals surface area contributed by atoms with Crippen LogP contribution in [-0.2, 0) is 0 Å². The molecule has 0 atom stereocenters. The van der Waals surface area contributed by atoms with Crippen LogP contribution in [0.15, 0.2) is 108 Å². The number of hydrogen-bond donors (Lipinski definition) is 2. The molecule has 0 radical (unpaired) electrons. The molecule has 0 aliphatic rings. The van der Waals surface area contributed by atoms with Gasteiger partial charge in [-0.25, -0.2) is 4.99 Å². The lowest BCUT2D eigenvalue weighted by molar-refractivity contribution is 0.304. The summed E-state index contributed by atoms with van der Waals surface area (Å²) >= 11 is 0. The maximum atomic E-state index is 5.95. The fourth-order valence-corrected chi connectivity index (χ4v) is 3.99. The second kappa shape index (κ2) is 13.8. The van der Waals surface area contributed by atoms with Gasteiger partial charge in [0.1, 0.15) is 5.75 Å². The smallest absolute Gasteiger partial charge is 0.201 e. The topological polar surface area (TPSA) is 45.7 Å². The van der Waals surface area contributed by atoms with Crippen LogP contribution in [-0.4, -0.2) is 19.1 Å². The van der Waals surface area contributed by atoms with Crippen molar-refractivity contribution in [3.8, 4) is 5.75 Å². The standard InChI is InChI=1S/C31H35N3O/c1(2-4-14-24-35-30-22-21-26-15-11-12-16-27(26)25-30)3-13-23-32-31(33-28-17-7-5-8-18-28)34-29-19-9-6-10-20-29/h5-12,15-22,25H,1-4,13-14,23-24H2,(H2,32,33,34). The molecule has 4 aromatic carbocycles. The predicted octanol–water partition coefficient (Wildman–Crippen LogP) is 7.95. The van der Waals surface area contributed by atoms with Crippen LogP contribution < -0.4 is 15.4 Å². The third-order valence-electron chi connectivity index (χ3n) is 5.89. The minimum Gasteiger partial charge on any atom is -0.494 e. The second-order valence-corrected chi connectivity index (χ2v) is 8.69. The lowest BCUT2D eigenvalue weighted by Gasteiger charge is -2.12. The van der Waals surface area contributed by atoms with Crippen LogP contribution in [0.25, 0.3) is 10.8 Å². The molecule has 0 bridgehead atoms. The Morgan fingerprint density at radius 1 is 0.629 bits per heavy atom. The van der Waals surface area contributed by atoms with E-state index in [1.165, 1.54) is 36.5 Å². The maximum Gasteiger partial charge on any atom is 0.201 e. The molecule has 0 saturated heterocycles. The molecule has 35 heavy (non-hydrogen) atoms. The van der Waals surface area contributed by atoms with E-state index in [9.17, 15) is 0 Å². The Hall–Kier alpha value is -3.79. The van der Waals surface area contributed by atoms with Gasteiger partial charge in [-0.2, -0.15) is 0 Å².